The van der Waals surface area contributed by atoms with Gasteiger partial charge in [-0.2, -0.15) is 0 Å². The quantitative estimate of drug-likeness (QED) is 0.0583. The highest BCUT2D eigenvalue weighted by molar-refractivity contribution is 5.80. The van der Waals surface area contributed by atoms with Crippen LogP contribution in [0.5, 0.6) is 0 Å². The smallest absolute Gasteiger partial charge is 0.364 e. The molecule has 15 unspecified atom stereocenters. The molecule has 15 N–H and O–H groups in total. The lowest BCUT2D eigenvalue weighted by molar-refractivity contribution is -0.377. The highest BCUT2D eigenvalue weighted by Gasteiger charge is 2.59. The van der Waals surface area contributed by atoms with Crippen LogP contribution in [0.4, 0.5) is 0 Å². The fourth-order valence-corrected chi connectivity index (χ4v) is 6.22. The van der Waals surface area contributed by atoms with Gasteiger partial charge in [0.15, 0.2) is 6.29 Å². The Kier molecular flexibility index (Phi) is 16.9. The van der Waals surface area contributed by atoms with Crippen LogP contribution in [0.25, 0.3) is 0 Å². The summed E-state index contributed by atoms with van der Waals surface area (Å²) in [6, 6.07) is -2.47. The van der Waals surface area contributed by atoms with Crippen molar-refractivity contribution in [2.45, 2.75) is 125 Å². The summed E-state index contributed by atoms with van der Waals surface area (Å²) < 4.78 is 22.1. The number of nitrogens with zero attached hydrogens (tertiary/aromatic N) is 1. The molecule has 0 spiro atoms. The summed E-state index contributed by atoms with van der Waals surface area (Å²) in [4.78, 5) is 37.8. The average Bonchev–Trinajstić information content (AvgIpc) is 3.05. The molecule has 2 aliphatic rings. The molecule has 0 aromatic heterocycles. The van der Waals surface area contributed by atoms with E-state index < -0.39 is 148 Å². The molecule has 2 saturated heterocycles. The summed E-state index contributed by atoms with van der Waals surface area (Å²) in [6.45, 7) is 0.773. The zero-order valence-corrected chi connectivity index (χ0v) is 28.5. The van der Waals surface area contributed by atoms with Gasteiger partial charge in [-0.05, 0) is 13.0 Å². The molecule has 0 aromatic rings. The third-order valence-corrected chi connectivity index (χ3v) is 8.80. The number of aliphatic hydroxyl groups excluding tert-OH is 11. The standard InChI is InChI=1S/C29H53N3O19/c1-10(2)18(26(30)45)32(4)6-13(38)19(41)23(15(40)8-34)49-27-22(44)25(21(43)16(9-35)48-27)51-29(28(46)47)5-12(37)17(31-11(3)36)24(50-29)20(42)14(39)7-33/h10,12-25,27,33-35,37-44H,5-9H2,1-4H3,(H2,30,45)(H,31,36)(H,46,47)/t12?,13?,14?,15?,16?,17?,18?,19?,20?,21?,22?,23?,24?,25-,27?,29?/m0/s1. The largest absolute Gasteiger partial charge is 0.477 e. The van der Waals surface area contributed by atoms with Crippen LogP contribution >= 0.6 is 0 Å². The van der Waals surface area contributed by atoms with Gasteiger partial charge in [0.1, 0.15) is 61.0 Å². The Labute approximate surface area is 292 Å². The molecule has 0 aliphatic carbocycles. The van der Waals surface area contributed by atoms with E-state index in [2.05, 4.69) is 5.32 Å². The molecule has 2 rings (SSSR count). The maximum absolute atomic E-state index is 12.7. The second-order valence-corrected chi connectivity index (χ2v) is 13.1. The molecule has 2 heterocycles. The lowest BCUT2D eigenvalue weighted by Gasteiger charge is -2.50. The van der Waals surface area contributed by atoms with Gasteiger partial charge >= 0.3 is 5.97 Å². The van der Waals surface area contributed by atoms with Crippen LogP contribution in [-0.2, 0) is 33.3 Å². The van der Waals surface area contributed by atoms with Crippen LogP contribution in [0.15, 0.2) is 0 Å². The van der Waals surface area contributed by atoms with E-state index in [9.17, 15) is 75.7 Å². The number of hydrogen-bond donors (Lipinski definition) is 14. The molecular weight excluding hydrogens is 694 g/mol. The zero-order valence-electron chi connectivity index (χ0n) is 28.5. The maximum atomic E-state index is 12.7. The lowest BCUT2D eigenvalue weighted by atomic mass is 9.88. The van der Waals surface area contributed by atoms with Crippen LogP contribution in [0.1, 0.15) is 27.2 Å². The van der Waals surface area contributed by atoms with E-state index in [1.165, 1.54) is 11.9 Å². The van der Waals surface area contributed by atoms with Gasteiger partial charge in [-0.25, -0.2) is 4.79 Å². The fraction of sp³-hybridized carbons (Fsp3) is 0.897. The molecule has 298 valence electrons. The minimum Gasteiger partial charge on any atom is -0.477 e. The van der Waals surface area contributed by atoms with E-state index in [-0.39, 0.29) is 5.92 Å². The summed E-state index contributed by atoms with van der Waals surface area (Å²) in [6.07, 6.45) is -27.4. The lowest BCUT2D eigenvalue weighted by Crippen LogP contribution is -2.70. The first-order valence-electron chi connectivity index (χ1n) is 16.1. The number of carboxylic acids is 1. The highest BCUT2D eigenvalue weighted by Crippen LogP contribution is 2.38. The van der Waals surface area contributed by atoms with Crippen LogP contribution in [0.2, 0.25) is 0 Å². The number of aliphatic hydroxyl groups is 11. The molecule has 0 aromatic carbocycles. The van der Waals surface area contributed by atoms with E-state index in [4.69, 9.17) is 24.7 Å². The molecule has 22 nitrogen and oxygen atoms in total. The Bertz CT molecular complexity index is 1140. The topological polar surface area (TPSA) is 372 Å². The SMILES string of the molecule is CC(=O)NC1C(O)CC(O[C@H]2C(O)C(CO)OC(OC(C(O)CO)C(O)C(O)CN(C)C(C(N)=O)C(C)C)C2O)(C(=O)O)OC1C(O)C(O)CO. The van der Waals surface area contributed by atoms with Crippen molar-refractivity contribution in [3.8, 4) is 0 Å². The molecule has 51 heavy (non-hydrogen) atoms. The number of carbonyl (C=O) groups is 3. The number of nitrogens with one attached hydrogen (secondary N) is 1. The number of primary amides is 1. The Hall–Kier alpha value is -2.23. The number of carboxylic acid groups (broad SMARTS) is 1. The van der Waals surface area contributed by atoms with Crippen molar-refractivity contribution in [2.75, 3.05) is 33.4 Å². The number of rotatable bonds is 19. The summed E-state index contributed by atoms with van der Waals surface area (Å²) in [5.41, 5.74) is 5.45. The molecule has 2 aliphatic heterocycles. The van der Waals surface area contributed by atoms with Gasteiger partial charge in [-0.3, -0.25) is 14.5 Å². The predicted molar refractivity (Wildman–Crippen MR) is 166 cm³/mol. The number of ether oxygens (including phenoxy) is 4. The van der Waals surface area contributed by atoms with Gasteiger partial charge in [0.2, 0.25) is 11.8 Å². The molecule has 2 fully saturated rings. The minimum atomic E-state index is -3.08. The Morgan fingerprint density at radius 2 is 1.57 bits per heavy atom. The zero-order chi connectivity index (χ0) is 39.1. The van der Waals surface area contributed by atoms with Gasteiger partial charge < -0.3 is 91.3 Å². The van der Waals surface area contributed by atoms with E-state index >= 15 is 0 Å². The second-order valence-electron chi connectivity index (χ2n) is 13.1. The highest BCUT2D eigenvalue weighted by atomic mass is 16.8. The Balaban J connectivity index is 2.46. The molecule has 22 heteroatoms. The van der Waals surface area contributed by atoms with E-state index in [1.54, 1.807) is 13.8 Å². The number of carbonyl (C=O) groups excluding carboxylic acids is 2. The Morgan fingerprint density at radius 1 is 0.980 bits per heavy atom. The third kappa shape index (κ3) is 10.7. The monoisotopic (exact) mass is 747 g/mol. The van der Waals surface area contributed by atoms with Gasteiger partial charge in [0, 0.05) is 19.9 Å². The van der Waals surface area contributed by atoms with Crippen LogP contribution < -0.4 is 11.1 Å². The van der Waals surface area contributed by atoms with Crippen molar-refractivity contribution in [3.05, 3.63) is 0 Å². The number of nitrogens with two attached hydrogens (primary N) is 1. The molecule has 0 bridgehead atoms. The van der Waals surface area contributed by atoms with Crippen molar-refractivity contribution in [2.24, 2.45) is 11.7 Å². The van der Waals surface area contributed by atoms with Gasteiger partial charge in [0.05, 0.1) is 44.1 Å². The molecule has 0 saturated carbocycles. The fourth-order valence-electron chi connectivity index (χ4n) is 6.22. The molecule has 16 atom stereocenters. The maximum Gasteiger partial charge on any atom is 0.364 e. The molecular formula is C29H53N3O19. The minimum absolute atomic E-state index is 0.325. The number of aliphatic carboxylic acids is 1. The number of amides is 2. The number of hydrogen-bond acceptors (Lipinski definition) is 19. The predicted octanol–water partition coefficient (Wildman–Crippen LogP) is -8.14. The van der Waals surface area contributed by atoms with Crippen LogP contribution in [0.3, 0.4) is 0 Å². The van der Waals surface area contributed by atoms with Crippen molar-refractivity contribution in [1.82, 2.24) is 10.2 Å². The van der Waals surface area contributed by atoms with Crippen LogP contribution in [0, 0.1) is 5.92 Å². The van der Waals surface area contributed by atoms with E-state index in [0.717, 1.165) is 6.92 Å². The number of likely N-dealkylation sites (N-methyl/N-ethyl adjacent to an activating group) is 1. The van der Waals surface area contributed by atoms with Crippen molar-refractivity contribution >= 4 is 17.8 Å². The first-order valence-corrected chi connectivity index (χ1v) is 16.1. The molecule has 2 amide bonds. The summed E-state index contributed by atoms with van der Waals surface area (Å²) in [7, 11) is 1.42. The van der Waals surface area contributed by atoms with Crippen molar-refractivity contribution in [3.63, 3.8) is 0 Å². The summed E-state index contributed by atoms with van der Waals surface area (Å²) in [5, 5.41) is 128. The third-order valence-electron chi connectivity index (χ3n) is 8.80. The first kappa shape index (κ1) is 44.9. The average molecular weight is 748 g/mol. The summed E-state index contributed by atoms with van der Waals surface area (Å²) in [5.74, 6) is -6.92. The van der Waals surface area contributed by atoms with Crippen LogP contribution in [-0.4, -0.2) is 215 Å². The van der Waals surface area contributed by atoms with Gasteiger partial charge in [-0.15, -0.1) is 0 Å². The first-order chi connectivity index (χ1) is 23.7. The van der Waals surface area contributed by atoms with E-state index in [0.29, 0.717) is 0 Å². The Morgan fingerprint density at radius 3 is 2.04 bits per heavy atom. The van der Waals surface area contributed by atoms with Gasteiger partial charge in [-0.1, -0.05) is 13.8 Å². The molecule has 0 radical (unpaired) electrons. The normalized spacial score (nSPS) is 34.3. The van der Waals surface area contributed by atoms with E-state index in [1.807, 2.05) is 0 Å². The van der Waals surface area contributed by atoms with Crippen molar-refractivity contribution < 1.29 is 94.6 Å². The summed E-state index contributed by atoms with van der Waals surface area (Å²) >= 11 is 0. The van der Waals surface area contributed by atoms with Gasteiger partial charge in [0.25, 0.3) is 5.79 Å². The second kappa shape index (κ2) is 19.2. The van der Waals surface area contributed by atoms with Crippen molar-refractivity contribution in [1.29, 1.82) is 0 Å².